The van der Waals surface area contributed by atoms with Gasteiger partial charge in [0.15, 0.2) is 0 Å². The summed E-state index contributed by atoms with van der Waals surface area (Å²) < 4.78 is 32.4. The zero-order valence-electron chi connectivity index (χ0n) is 15.7. The molecule has 0 aliphatic heterocycles. The Labute approximate surface area is 182 Å². The molecule has 7 nitrogen and oxygen atoms in total. The number of ether oxygens (including phenoxy) is 1. The van der Waals surface area contributed by atoms with Gasteiger partial charge in [-0.2, -0.15) is 0 Å². The molecule has 2 aromatic carbocycles. The van der Waals surface area contributed by atoms with Crippen LogP contribution in [0.3, 0.4) is 0 Å². The first kappa shape index (κ1) is 21.8. The van der Waals surface area contributed by atoms with Crippen LogP contribution in [0.4, 0.5) is 11.4 Å². The number of amides is 1. The van der Waals surface area contributed by atoms with Crippen molar-refractivity contribution in [1.29, 1.82) is 0 Å². The fraction of sp³-hybridized carbons (Fsp3) is 0.100. The predicted molar refractivity (Wildman–Crippen MR) is 117 cm³/mol. The van der Waals surface area contributed by atoms with Gasteiger partial charge in [-0.3, -0.25) is 9.10 Å². The topological polar surface area (TPSA) is 92.8 Å². The lowest BCUT2D eigenvalue weighted by atomic mass is 10.3. The van der Waals surface area contributed by atoms with Gasteiger partial charge in [0.1, 0.15) is 16.3 Å². The van der Waals surface area contributed by atoms with Gasteiger partial charge in [0.2, 0.25) is 5.91 Å². The molecule has 30 heavy (non-hydrogen) atoms. The molecule has 3 rings (SSSR count). The average Bonchev–Trinajstić information content (AvgIpc) is 3.24. The normalized spacial score (nSPS) is 11.0. The van der Waals surface area contributed by atoms with E-state index in [0.29, 0.717) is 10.7 Å². The number of esters is 1. The fourth-order valence-corrected chi connectivity index (χ4v) is 5.57. The molecule has 1 heterocycles. The smallest absolute Gasteiger partial charge is 0.349 e. The summed E-state index contributed by atoms with van der Waals surface area (Å²) in [5, 5.41) is 4.41. The first-order valence-electron chi connectivity index (χ1n) is 8.62. The van der Waals surface area contributed by atoms with Gasteiger partial charge >= 0.3 is 5.97 Å². The lowest BCUT2D eigenvalue weighted by Crippen LogP contribution is -2.38. The Morgan fingerprint density at radius 1 is 1.07 bits per heavy atom. The molecule has 0 aliphatic rings. The van der Waals surface area contributed by atoms with Crippen LogP contribution >= 0.6 is 22.9 Å². The number of carbonyl (C=O) groups is 2. The molecule has 10 heteroatoms. The molecule has 3 aromatic rings. The van der Waals surface area contributed by atoms with E-state index in [2.05, 4.69) is 10.1 Å². The van der Waals surface area contributed by atoms with Crippen LogP contribution in [0.2, 0.25) is 5.02 Å². The summed E-state index contributed by atoms with van der Waals surface area (Å²) in [7, 11) is -3.07. The summed E-state index contributed by atoms with van der Waals surface area (Å²) >= 11 is 7.01. The molecular formula is C20H17ClN2O5S2. The molecule has 156 valence electrons. The number of carbonyl (C=O) groups excluding carboxylic acids is 2. The summed E-state index contributed by atoms with van der Waals surface area (Å²) in [4.78, 5) is 24.4. The molecule has 0 saturated carbocycles. The van der Waals surface area contributed by atoms with Gasteiger partial charge in [-0.15, -0.1) is 11.3 Å². The Balaban J connectivity index is 1.98. The number of nitrogens with one attached hydrogen (secondary N) is 1. The molecule has 0 aliphatic carbocycles. The molecular weight excluding hydrogens is 448 g/mol. The second-order valence-corrected chi connectivity index (χ2v) is 9.13. The third kappa shape index (κ3) is 4.64. The predicted octanol–water partition coefficient (Wildman–Crippen LogP) is 4.02. The number of methoxy groups -OCH3 is 1. The van der Waals surface area contributed by atoms with Gasteiger partial charge in [-0.1, -0.05) is 41.9 Å². The van der Waals surface area contributed by atoms with Crippen LogP contribution in [0.5, 0.6) is 0 Å². The van der Waals surface area contributed by atoms with Gasteiger partial charge in [-0.25, -0.2) is 13.2 Å². The number of thiophene rings is 1. The maximum absolute atomic E-state index is 13.4. The van der Waals surface area contributed by atoms with E-state index in [-0.39, 0.29) is 15.5 Å². The second kappa shape index (κ2) is 9.29. The van der Waals surface area contributed by atoms with E-state index in [9.17, 15) is 18.0 Å². The molecule has 0 bridgehead atoms. The Morgan fingerprint density at radius 3 is 2.40 bits per heavy atom. The minimum absolute atomic E-state index is 0.0649. The highest BCUT2D eigenvalue weighted by molar-refractivity contribution is 7.93. The highest BCUT2D eigenvalue weighted by Gasteiger charge is 2.32. The molecule has 1 aromatic heterocycles. The maximum atomic E-state index is 13.4. The zero-order chi connectivity index (χ0) is 21.7. The van der Waals surface area contributed by atoms with Crippen LogP contribution in [-0.4, -0.2) is 33.9 Å². The van der Waals surface area contributed by atoms with Crippen LogP contribution < -0.4 is 9.62 Å². The molecule has 0 saturated heterocycles. The van der Waals surface area contributed by atoms with E-state index in [1.165, 1.54) is 18.6 Å². The van der Waals surface area contributed by atoms with Crippen LogP contribution in [-0.2, 0) is 19.6 Å². The highest BCUT2D eigenvalue weighted by atomic mass is 35.5. The van der Waals surface area contributed by atoms with Crippen molar-refractivity contribution in [2.24, 2.45) is 0 Å². The van der Waals surface area contributed by atoms with Gasteiger partial charge in [-0.05, 0) is 35.7 Å². The van der Waals surface area contributed by atoms with E-state index in [4.69, 9.17) is 11.6 Å². The van der Waals surface area contributed by atoms with Gasteiger partial charge in [0, 0.05) is 0 Å². The zero-order valence-corrected chi connectivity index (χ0v) is 18.1. The van der Waals surface area contributed by atoms with Crippen molar-refractivity contribution in [3.63, 3.8) is 0 Å². The van der Waals surface area contributed by atoms with Gasteiger partial charge in [0.25, 0.3) is 10.0 Å². The van der Waals surface area contributed by atoms with E-state index in [1.54, 1.807) is 54.6 Å². The molecule has 1 amide bonds. The van der Waals surface area contributed by atoms with Crippen LogP contribution in [0, 0.1) is 0 Å². The summed E-state index contributed by atoms with van der Waals surface area (Å²) in [6.45, 7) is -0.520. The Morgan fingerprint density at radius 2 is 1.73 bits per heavy atom. The van der Waals surface area contributed by atoms with Crippen LogP contribution in [0.15, 0.2) is 70.9 Å². The van der Waals surface area contributed by atoms with E-state index >= 15 is 0 Å². The maximum Gasteiger partial charge on any atom is 0.349 e. The number of anilines is 2. The summed E-state index contributed by atoms with van der Waals surface area (Å²) in [5.74, 6) is -1.36. The summed E-state index contributed by atoms with van der Waals surface area (Å²) in [5.41, 5.74) is 0.634. The second-order valence-electron chi connectivity index (χ2n) is 5.98. The summed E-state index contributed by atoms with van der Waals surface area (Å²) in [6, 6.07) is 16.1. The quantitative estimate of drug-likeness (QED) is 0.533. The van der Waals surface area contributed by atoms with Crippen LogP contribution in [0.1, 0.15) is 9.67 Å². The minimum atomic E-state index is -4.24. The molecule has 0 atom stereocenters. The van der Waals surface area contributed by atoms with Crippen molar-refractivity contribution < 1.29 is 22.7 Å². The number of halogens is 1. The molecule has 0 fully saturated rings. The molecule has 0 spiro atoms. The van der Waals surface area contributed by atoms with E-state index in [1.807, 2.05) is 0 Å². The Kier molecular flexibility index (Phi) is 6.76. The van der Waals surface area contributed by atoms with E-state index in [0.717, 1.165) is 15.6 Å². The van der Waals surface area contributed by atoms with Gasteiger partial charge in [0.05, 0.1) is 23.5 Å². The van der Waals surface area contributed by atoms with Crippen molar-refractivity contribution in [3.05, 3.63) is 75.9 Å². The third-order valence-electron chi connectivity index (χ3n) is 4.05. The first-order chi connectivity index (χ1) is 14.3. The number of nitrogens with zero attached hydrogens (tertiary/aromatic N) is 1. The van der Waals surface area contributed by atoms with E-state index < -0.39 is 28.4 Å². The molecule has 0 unspecified atom stereocenters. The lowest BCUT2D eigenvalue weighted by Gasteiger charge is -2.24. The standard InChI is InChI=1S/C20H17ClN2O5S2/c1-28-20(25)19-17(11-12-29-19)30(26,27)23(14-7-3-2-4-8-14)13-18(24)22-16-10-6-5-9-15(16)21/h2-12H,13H2,1H3,(H,22,24). The summed E-state index contributed by atoms with van der Waals surface area (Å²) in [6.07, 6.45) is 0. The van der Waals surface area contributed by atoms with Crippen molar-refractivity contribution in [1.82, 2.24) is 0 Å². The van der Waals surface area contributed by atoms with Crippen molar-refractivity contribution >= 4 is 56.2 Å². The number of rotatable bonds is 7. The first-order valence-corrected chi connectivity index (χ1v) is 11.3. The SMILES string of the molecule is COC(=O)c1sccc1S(=O)(=O)N(CC(=O)Nc1ccccc1Cl)c1ccccc1. The highest BCUT2D eigenvalue weighted by Crippen LogP contribution is 2.29. The number of para-hydroxylation sites is 2. The third-order valence-corrected chi connectivity index (χ3v) is 7.22. The number of hydrogen-bond donors (Lipinski definition) is 1. The van der Waals surface area contributed by atoms with Gasteiger partial charge < -0.3 is 10.1 Å². The molecule has 1 N–H and O–H groups in total. The van der Waals surface area contributed by atoms with Crippen molar-refractivity contribution in [3.8, 4) is 0 Å². The lowest BCUT2D eigenvalue weighted by molar-refractivity contribution is -0.114. The number of benzene rings is 2. The Hall–Kier alpha value is -2.88. The number of hydrogen-bond acceptors (Lipinski definition) is 6. The molecule has 0 radical (unpaired) electrons. The van der Waals surface area contributed by atoms with Crippen molar-refractivity contribution in [2.75, 3.05) is 23.3 Å². The monoisotopic (exact) mass is 464 g/mol. The van der Waals surface area contributed by atoms with Crippen LogP contribution in [0.25, 0.3) is 0 Å². The Bertz CT molecular complexity index is 1160. The number of sulfonamides is 1. The van der Waals surface area contributed by atoms with Crippen molar-refractivity contribution in [2.45, 2.75) is 4.90 Å². The minimum Gasteiger partial charge on any atom is -0.465 e. The largest absolute Gasteiger partial charge is 0.465 e. The fourth-order valence-electron chi connectivity index (χ4n) is 2.65. The average molecular weight is 465 g/mol.